The van der Waals surface area contributed by atoms with Crippen LogP contribution in [-0.2, 0) is 17.1 Å². The molecule has 0 spiro atoms. The Balaban J connectivity index is 1.49. The molecule has 1 aliphatic heterocycles. The molecule has 1 aliphatic carbocycles. The quantitative estimate of drug-likeness (QED) is 0.522. The van der Waals surface area contributed by atoms with Gasteiger partial charge in [-0.25, -0.2) is 4.98 Å². The average molecular weight is 483 g/mol. The first kappa shape index (κ1) is 22.3. The first-order valence-electron chi connectivity index (χ1n) is 10.0. The number of nitrogens with zero attached hydrogens (tertiary/aromatic N) is 5. The molecule has 5 rings (SSSR count). The summed E-state index contributed by atoms with van der Waals surface area (Å²) in [6, 6.07) is 5.33. The van der Waals surface area contributed by atoms with Crippen molar-refractivity contribution in [3.63, 3.8) is 0 Å². The zero-order valence-corrected chi connectivity index (χ0v) is 17.0. The maximum Gasteiger partial charge on any atom is 0.433 e. The Hall–Kier alpha value is -3.55. The molecule has 2 fully saturated rings. The van der Waals surface area contributed by atoms with E-state index in [9.17, 15) is 26.3 Å². The summed E-state index contributed by atoms with van der Waals surface area (Å²) in [5, 5.41) is 5.75. The number of rotatable bonds is 5. The molecule has 2 unspecified atom stereocenters. The Morgan fingerprint density at radius 1 is 0.824 bits per heavy atom. The number of pyridine rings is 2. The average Bonchev–Trinajstić information content (AvgIpc) is 3.18. The lowest BCUT2D eigenvalue weighted by Crippen LogP contribution is -2.16. The lowest BCUT2D eigenvalue weighted by molar-refractivity contribution is -0.141. The van der Waals surface area contributed by atoms with Crippen LogP contribution >= 0.6 is 0 Å². The van der Waals surface area contributed by atoms with E-state index in [2.05, 4.69) is 35.6 Å². The Morgan fingerprint density at radius 3 is 2.24 bits per heavy atom. The molecular weight excluding hydrogens is 468 g/mol. The third-order valence-corrected chi connectivity index (χ3v) is 5.46. The van der Waals surface area contributed by atoms with Crippen LogP contribution in [0.2, 0.25) is 0 Å². The van der Waals surface area contributed by atoms with Crippen LogP contribution in [0, 0.1) is 11.8 Å². The minimum atomic E-state index is -4.68. The second kappa shape index (κ2) is 8.04. The topological polar surface area (TPSA) is 97.7 Å². The first-order chi connectivity index (χ1) is 16.1. The number of anilines is 3. The molecule has 178 valence electrons. The van der Waals surface area contributed by atoms with E-state index < -0.39 is 23.7 Å². The van der Waals surface area contributed by atoms with E-state index in [1.807, 2.05) is 0 Å². The fraction of sp³-hybridized carbons (Fsp3) is 0.350. The van der Waals surface area contributed by atoms with Crippen molar-refractivity contribution in [3.05, 3.63) is 47.9 Å². The van der Waals surface area contributed by atoms with Crippen LogP contribution in [0.15, 0.2) is 36.5 Å². The lowest BCUT2D eigenvalue weighted by Gasteiger charge is -2.13. The van der Waals surface area contributed by atoms with Gasteiger partial charge in [-0.05, 0) is 24.3 Å². The summed E-state index contributed by atoms with van der Waals surface area (Å²) in [5.41, 5.74) is -2.45. The van der Waals surface area contributed by atoms with Crippen molar-refractivity contribution in [2.75, 3.05) is 23.8 Å². The van der Waals surface area contributed by atoms with Gasteiger partial charge in [0.1, 0.15) is 17.1 Å². The molecule has 0 amide bonds. The molecule has 3 aromatic rings. The summed E-state index contributed by atoms with van der Waals surface area (Å²) >= 11 is 0. The van der Waals surface area contributed by atoms with E-state index in [4.69, 9.17) is 4.74 Å². The second-order valence-corrected chi connectivity index (χ2v) is 7.80. The van der Waals surface area contributed by atoms with Crippen molar-refractivity contribution in [1.82, 2.24) is 24.9 Å². The van der Waals surface area contributed by atoms with E-state index in [1.54, 1.807) is 0 Å². The van der Waals surface area contributed by atoms with Crippen LogP contribution in [0.1, 0.15) is 11.4 Å². The van der Waals surface area contributed by atoms with Gasteiger partial charge in [-0.2, -0.15) is 41.3 Å². The molecular formula is C20H15F6N7O. The van der Waals surface area contributed by atoms with E-state index in [-0.39, 0.29) is 47.0 Å². The monoisotopic (exact) mass is 483 g/mol. The number of halogens is 6. The van der Waals surface area contributed by atoms with Crippen LogP contribution in [0.4, 0.5) is 43.9 Å². The van der Waals surface area contributed by atoms with Gasteiger partial charge in [0, 0.05) is 29.8 Å². The van der Waals surface area contributed by atoms with Crippen LogP contribution < -0.4 is 10.6 Å². The van der Waals surface area contributed by atoms with E-state index in [1.165, 1.54) is 12.1 Å². The lowest BCUT2D eigenvalue weighted by atomic mass is 10.3. The molecule has 8 nitrogen and oxygen atoms in total. The van der Waals surface area contributed by atoms with Gasteiger partial charge in [-0.15, -0.1) is 0 Å². The van der Waals surface area contributed by atoms with E-state index in [0.717, 1.165) is 24.4 Å². The molecule has 2 atom stereocenters. The van der Waals surface area contributed by atoms with Gasteiger partial charge in [-0.1, -0.05) is 6.07 Å². The zero-order valence-electron chi connectivity index (χ0n) is 17.0. The number of nitrogens with one attached hydrogen (secondary N) is 2. The highest BCUT2D eigenvalue weighted by molar-refractivity contribution is 5.59. The standard InChI is InChI=1S/C20H15F6N7O/c21-19(22,23)13-3-1-2-12(29-13)16-31-17(28-9-4-5-27-14(6-9)20(24,25)26)33-18(32-16)30-15-10-7-34-8-11(10)15/h1-6,10-11,15H,7-8H2,(H2,27,28,30,31,32,33). The number of aromatic nitrogens is 5. The first-order valence-corrected chi connectivity index (χ1v) is 10.0. The molecule has 2 N–H and O–H groups in total. The third kappa shape index (κ3) is 4.58. The molecule has 1 saturated heterocycles. The highest BCUT2D eigenvalue weighted by Crippen LogP contribution is 2.45. The Morgan fingerprint density at radius 2 is 1.53 bits per heavy atom. The summed E-state index contributed by atoms with van der Waals surface area (Å²) in [4.78, 5) is 19.3. The van der Waals surface area contributed by atoms with Crippen molar-refractivity contribution in [3.8, 4) is 11.5 Å². The summed E-state index contributed by atoms with van der Waals surface area (Å²) in [6.45, 7) is 1.13. The maximum atomic E-state index is 13.1. The maximum absolute atomic E-state index is 13.1. The number of hydrogen-bond acceptors (Lipinski definition) is 8. The summed E-state index contributed by atoms with van der Waals surface area (Å²) < 4.78 is 83.7. The minimum absolute atomic E-state index is 0.0147. The summed E-state index contributed by atoms with van der Waals surface area (Å²) in [6.07, 6.45) is -8.38. The van der Waals surface area contributed by atoms with Gasteiger partial charge < -0.3 is 15.4 Å². The van der Waals surface area contributed by atoms with Gasteiger partial charge >= 0.3 is 12.4 Å². The van der Waals surface area contributed by atoms with Gasteiger partial charge in [-0.3, -0.25) is 4.98 Å². The van der Waals surface area contributed by atoms with E-state index >= 15 is 0 Å². The minimum Gasteiger partial charge on any atom is -0.381 e. The van der Waals surface area contributed by atoms with Crippen molar-refractivity contribution in [1.29, 1.82) is 0 Å². The number of hydrogen-bond donors (Lipinski definition) is 2. The predicted molar refractivity (Wildman–Crippen MR) is 106 cm³/mol. The highest BCUT2D eigenvalue weighted by Gasteiger charge is 2.54. The molecule has 0 aromatic carbocycles. The third-order valence-electron chi connectivity index (χ3n) is 5.46. The van der Waals surface area contributed by atoms with Crippen molar-refractivity contribution < 1.29 is 31.1 Å². The van der Waals surface area contributed by atoms with Crippen LogP contribution in [0.25, 0.3) is 11.5 Å². The van der Waals surface area contributed by atoms with Gasteiger partial charge in [0.2, 0.25) is 11.9 Å². The van der Waals surface area contributed by atoms with Gasteiger partial charge in [0.25, 0.3) is 0 Å². The van der Waals surface area contributed by atoms with Crippen molar-refractivity contribution in [2.24, 2.45) is 11.8 Å². The molecule has 4 heterocycles. The van der Waals surface area contributed by atoms with Crippen LogP contribution in [-0.4, -0.2) is 44.2 Å². The molecule has 14 heteroatoms. The molecule has 0 bridgehead atoms. The van der Waals surface area contributed by atoms with Gasteiger partial charge in [0.05, 0.1) is 13.2 Å². The van der Waals surface area contributed by atoms with E-state index in [0.29, 0.717) is 13.2 Å². The smallest absolute Gasteiger partial charge is 0.381 e. The number of alkyl halides is 6. The fourth-order valence-electron chi connectivity index (χ4n) is 3.72. The Bertz CT molecular complexity index is 1210. The largest absolute Gasteiger partial charge is 0.433 e. The fourth-order valence-corrected chi connectivity index (χ4v) is 3.72. The highest BCUT2D eigenvalue weighted by atomic mass is 19.4. The number of ether oxygens (including phenoxy) is 1. The van der Waals surface area contributed by atoms with Crippen molar-refractivity contribution in [2.45, 2.75) is 18.4 Å². The second-order valence-electron chi connectivity index (χ2n) is 7.80. The van der Waals surface area contributed by atoms with Crippen LogP contribution in [0.5, 0.6) is 0 Å². The molecule has 1 saturated carbocycles. The number of fused-ring (bicyclic) bond motifs is 1. The summed E-state index contributed by atoms with van der Waals surface area (Å²) in [5.74, 6) is 0.221. The predicted octanol–water partition coefficient (Wildman–Crippen LogP) is 4.17. The molecule has 0 radical (unpaired) electrons. The Kier molecular flexibility index (Phi) is 5.26. The molecule has 34 heavy (non-hydrogen) atoms. The van der Waals surface area contributed by atoms with Crippen molar-refractivity contribution >= 4 is 17.6 Å². The van der Waals surface area contributed by atoms with Gasteiger partial charge in [0.15, 0.2) is 5.82 Å². The van der Waals surface area contributed by atoms with Crippen LogP contribution in [0.3, 0.4) is 0 Å². The Labute approximate surface area is 187 Å². The molecule has 3 aromatic heterocycles. The normalized spacial score (nSPS) is 21.8. The molecule has 2 aliphatic rings. The SMILES string of the molecule is FC(F)(F)c1cc(Nc2nc(NC3C4COCC43)nc(-c3cccc(C(F)(F)F)n3)n2)ccn1. The summed E-state index contributed by atoms with van der Waals surface area (Å²) in [7, 11) is 0. The zero-order chi connectivity index (χ0) is 24.1.